The minimum absolute atomic E-state index is 0.247. The lowest BCUT2D eigenvalue weighted by Gasteiger charge is -1.92. The lowest BCUT2D eigenvalue weighted by Crippen LogP contribution is -1.80. The number of halogens is 2. The Morgan fingerprint density at radius 2 is 2.08 bits per heavy atom. The quantitative estimate of drug-likeness (QED) is 0.758. The van der Waals surface area contributed by atoms with Crippen LogP contribution in [0.25, 0.3) is 10.7 Å². The van der Waals surface area contributed by atoms with Crippen LogP contribution in [0, 0.1) is 0 Å². The first kappa shape index (κ1) is 8.87. The number of pyridine rings is 1. The van der Waals surface area contributed by atoms with Gasteiger partial charge in [-0.15, -0.1) is 0 Å². The molecule has 0 aromatic carbocycles. The molecule has 2 heterocycles. The minimum atomic E-state index is 0.247. The molecule has 0 N–H and O–H groups in total. The molecule has 66 valence electrons. The maximum atomic E-state index is 5.68. The smallest absolute Gasteiger partial charge is 0.234 e. The van der Waals surface area contributed by atoms with Gasteiger partial charge in [0.25, 0.3) is 0 Å². The molecule has 0 fully saturated rings. The van der Waals surface area contributed by atoms with Crippen molar-refractivity contribution in [3.63, 3.8) is 0 Å². The highest BCUT2D eigenvalue weighted by Crippen LogP contribution is 2.21. The molecule has 0 saturated heterocycles. The summed E-state index contributed by atoms with van der Waals surface area (Å²) in [6.45, 7) is 0. The molecule has 0 atom stereocenters. The highest BCUT2D eigenvalue weighted by molar-refractivity contribution is 7.09. The van der Waals surface area contributed by atoms with Gasteiger partial charge in [-0.2, -0.15) is 4.37 Å². The number of nitrogens with zero attached hydrogens (tertiary/aromatic N) is 3. The number of hydrogen-bond acceptors (Lipinski definition) is 4. The summed E-state index contributed by atoms with van der Waals surface area (Å²) >= 11 is 12.5. The second kappa shape index (κ2) is 3.57. The third-order valence-electron chi connectivity index (χ3n) is 1.35. The molecular formula is C7H3Cl2N3S. The van der Waals surface area contributed by atoms with Crippen molar-refractivity contribution in [1.29, 1.82) is 0 Å². The summed E-state index contributed by atoms with van der Waals surface area (Å²) in [5.74, 6) is 0. The van der Waals surface area contributed by atoms with E-state index < -0.39 is 0 Å². The molecule has 0 aliphatic heterocycles. The van der Waals surface area contributed by atoms with Crippen molar-refractivity contribution in [2.24, 2.45) is 0 Å². The van der Waals surface area contributed by atoms with Crippen molar-refractivity contribution in [3.05, 3.63) is 28.6 Å². The van der Waals surface area contributed by atoms with Gasteiger partial charge in [-0.05, 0) is 35.3 Å². The summed E-state index contributed by atoms with van der Waals surface area (Å²) in [4.78, 5) is 8.06. The van der Waals surface area contributed by atoms with E-state index in [1.807, 2.05) is 0 Å². The zero-order valence-corrected chi connectivity index (χ0v) is 8.57. The Morgan fingerprint density at radius 3 is 2.62 bits per heavy atom. The average molecular weight is 232 g/mol. The Morgan fingerprint density at radius 1 is 1.23 bits per heavy atom. The van der Waals surface area contributed by atoms with Crippen LogP contribution in [-0.4, -0.2) is 14.3 Å². The number of hydrogen-bond donors (Lipinski definition) is 0. The second-order valence-corrected chi connectivity index (χ2v) is 3.76. The SMILES string of the molecule is Clc1ccc(-c2nc(Cl)ns2)nc1. The summed E-state index contributed by atoms with van der Waals surface area (Å²) in [5.41, 5.74) is 0.730. The monoisotopic (exact) mass is 231 g/mol. The third kappa shape index (κ3) is 1.96. The highest BCUT2D eigenvalue weighted by Gasteiger charge is 2.05. The molecule has 0 aliphatic rings. The van der Waals surface area contributed by atoms with Gasteiger partial charge in [0.2, 0.25) is 5.28 Å². The van der Waals surface area contributed by atoms with Gasteiger partial charge in [0.05, 0.1) is 5.02 Å². The van der Waals surface area contributed by atoms with Crippen molar-refractivity contribution in [2.75, 3.05) is 0 Å². The van der Waals surface area contributed by atoms with Crippen LogP contribution in [0.3, 0.4) is 0 Å². The molecule has 3 nitrogen and oxygen atoms in total. The van der Waals surface area contributed by atoms with Gasteiger partial charge in [0.15, 0.2) is 5.01 Å². The van der Waals surface area contributed by atoms with E-state index in [4.69, 9.17) is 23.2 Å². The molecule has 2 rings (SSSR count). The van der Waals surface area contributed by atoms with E-state index in [0.717, 1.165) is 5.69 Å². The minimum Gasteiger partial charge on any atom is -0.252 e. The largest absolute Gasteiger partial charge is 0.252 e. The fourth-order valence-electron chi connectivity index (χ4n) is 0.812. The summed E-state index contributed by atoms with van der Waals surface area (Å²) in [6, 6.07) is 3.53. The number of rotatable bonds is 1. The Hall–Kier alpha value is -0.710. The van der Waals surface area contributed by atoms with Gasteiger partial charge >= 0.3 is 0 Å². The first-order chi connectivity index (χ1) is 6.25. The van der Waals surface area contributed by atoms with Gasteiger partial charge in [-0.25, -0.2) is 4.98 Å². The van der Waals surface area contributed by atoms with Crippen molar-refractivity contribution >= 4 is 34.7 Å². The predicted octanol–water partition coefficient (Wildman–Crippen LogP) is 2.91. The van der Waals surface area contributed by atoms with Crippen LogP contribution in [0.15, 0.2) is 18.3 Å². The molecule has 6 heteroatoms. The van der Waals surface area contributed by atoms with E-state index in [2.05, 4.69) is 14.3 Å². The van der Waals surface area contributed by atoms with Crippen LogP contribution in [0.4, 0.5) is 0 Å². The van der Waals surface area contributed by atoms with E-state index in [9.17, 15) is 0 Å². The van der Waals surface area contributed by atoms with Crippen LogP contribution in [-0.2, 0) is 0 Å². The van der Waals surface area contributed by atoms with Crippen molar-refractivity contribution in [3.8, 4) is 10.7 Å². The maximum Gasteiger partial charge on any atom is 0.234 e. The van der Waals surface area contributed by atoms with Gasteiger partial charge in [0.1, 0.15) is 5.69 Å². The van der Waals surface area contributed by atoms with E-state index in [1.165, 1.54) is 11.5 Å². The standard InChI is InChI=1S/C7H3Cl2N3S/c8-4-1-2-5(10-3-4)6-11-7(9)12-13-6/h1-3H. The van der Waals surface area contributed by atoms with E-state index >= 15 is 0 Å². The molecule has 0 saturated carbocycles. The molecule has 0 aliphatic carbocycles. The average Bonchev–Trinajstić information content (AvgIpc) is 2.53. The molecule has 0 radical (unpaired) electrons. The van der Waals surface area contributed by atoms with Crippen LogP contribution >= 0.6 is 34.7 Å². The molecule has 0 bridgehead atoms. The topological polar surface area (TPSA) is 38.7 Å². The summed E-state index contributed by atoms with van der Waals surface area (Å²) in [7, 11) is 0. The zero-order chi connectivity index (χ0) is 9.26. The molecule has 0 spiro atoms. The van der Waals surface area contributed by atoms with Crippen LogP contribution < -0.4 is 0 Å². The number of aromatic nitrogens is 3. The van der Waals surface area contributed by atoms with Crippen LogP contribution in [0.5, 0.6) is 0 Å². The lowest BCUT2D eigenvalue weighted by molar-refractivity contribution is 1.27. The maximum absolute atomic E-state index is 5.68. The summed E-state index contributed by atoms with van der Waals surface area (Å²) in [6.07, 6.45) is 1.56. The molecule has 13 heavy (non-hydrogen) atoms. The Balaban J connectivity index is 2.41. The normalized spacial score (nSPS) is 10.3. The highest BCUT2D eigenvalue weighted by atomic mass is 35.5. The Bertz CT molecular complexity index is 412. The van der Waals surface area contributed by atoms with E-state index in [0.29, 0.717) is 10.0 Å². The van der Waals surface area contributed by atoms with Gasteiger partial charge in [-0.3, -0.25) is 4.98 Å². The Labute approximate surface area is 88.5 Å². The van der Waals surface area contributed by atoms with Crippen molar-refractivity contribution in [2.45, 2.75) is 0 Å². The van der Waals surface area contributed by atoms with Gasteiger partial charge in [-0.1, -0.05) is 11.6 Å². The lowest BCUT2D eigenvalue weighted by atomic mass is 10.4. The fourth-order valence-corrected chi connectivity index (χ4v) is 1.71. The van der Waals surface area contributed by atoms with Crippen LogP contribution in [0.2, 0.25) is 10.3 Å². The molecular weight excluding hydrogens is 229 g/mol. The van der Waals surface area contributed by atoms with E-state index in [1.54, 1.807) is 18.3 Å². The first-order valence-electron chi connectivity index (χ1n) is 3.37. The summed E-state index contributed by atoms with van der Waals surface area (Å²) < 4.78 is 3.84. The summed E-state index contributed by atoms with van der Waals surface area (Å²) in [5, 5.41) is 1.54. The molecule has 2 aromatic rings. The molecule has 0 unspecified atom stereocenters. The van der Waals surface area contributed by atoms with Crippen LogP contribution in [0.1, 0.15) is 0 Å². The predicted molar refractivity (Wildman–Crippen MR) is 53.2 cm³/mol. The second-order valence-electron chi connectivity index (χ2n) is 2.23. The van der Waals surface area contributed by atoms with Crippen molar-refractivity contribution < 1.29 is 0 Å². The fraction of sp³-hybridized carbons (Fsp3) is 0. The van der Waals surface area contributed by atoms with Gasteiger partial charge < -0.3 is 0 Å². The molecule has 0 amide bonds. The van der Waals surface area contributed by atoms with Crippen molar-refractivity contribution in [1.82, 2.24) is 14.3 Å². The van der Waals surface area contributed by atoms with Gasteiger partial charge in [0, 0.05) is 6.20 Å². The molecule has 2 aromatic heterocycles. The Kier molecular flexibility index (Phi) is 2.44. The zero-order valence-electron chi connectivity index (χ0n) is 6.24. The van der Waals surface area contributed by atoms with E-state index in [-0.39, 0.29) is 5.28 Å². The third-order valence-corrected chi connectivity index (χ3v) is 2.58. The first-order valence-corrected chi connectivity index (χ1v) is 4.90.